The van der Waals surface area contributed by atoms with Crippen molar-refractivity contribution in [2.45, 2.75) is 53.5 Å². The number of carbonyl (C=O) groups is 1. The van der Waals surface area contributed by atoms with Gasteiger partial charge in [-0.15, -0.1) is 5.10 Å². The van der Waals surface area contributed by atoms with Crippen LogP contribution in [0.25, 0.3) is 11.3 Å². The Balaban J connectivity index is 1.53. The minimum absolute atomic E-state index is 0.147. The van der Waals surface area contributed by atoms with Gasteiger partial charge in [0.15, 0.2) is 0 Å². The molecule has 2 aliphatic rings. The smallest absolute Gasteiger partial charge is 0.139 e. The minimum Gasteiger partial charge on any atom is -0.299 e. The fourth-order valence-electron chi connectivity index (χ4n) is 5.64. The van der Waals surface area contributed by atoms with Crippen LogP contribution in [0.3, 0.4) is 0 Å². The molecule has 0 bridgehead atoms. The minimum atomic E-state index is 0.147. The summed E-state index contributed by atoms with van der Waals surface area (Å²) in [7, 11) is 0. The highest BCUT2D eigenvalue weighted by Gasteiger charge is 2.51. The van der Waals surface area contributed by atoms with Crippen molar-refractivity contribution >= 4 is 5.78 Å². The summed E-state index contributed by atoms with van der Waals surface area (Å²) < 4.78 is 1.95. The number of nitrogens with zero attached hydrogens (tertiary/aromatic N) is 3. The Labute approximate surface area is 168 Å². The van der Waals surface area contributed by atoms with E-state index >= 15 is 0 Å². The first-order valence-corrected chi connectivity index (χ1v) is 10.5. The molecule has 4 heteroatoms. The molecule has 2 aromatic rings. The van der Waals surface area contributed by atoms with Crippen LogP contribution in [0.2, 0.25) is 0 Å². The van der Waals surface area contributed by atoms with Crippen molar-refractivity contribution in [2.24, 2.45) is 29.1 Å². The zero-order chi connectivity index (χ0) is 19.9. The summed E-state index contributed by atoms with van der Waals surface area (Å²) in [4.78, 5) is 12.7. The molecule has 1 aromatic heterocycles. The number of hydrogen-bond acceptors (Lipinski definition) is 3. The van der Waals surface area contributed by atoms with Crippen molar-refractivity contribution in [1.29, 1.82) is 0 Å². The average molecular weight is 378 g/mol. The topological polar surface area (TPSA) is 47.8 Å². The third-order valence-corrected chi connectivity index (χ3v) is 7.13. The molecule has 0 N–H and O–H groups in total. The Hall–Kier alpha value is -2.23. The largest absolute Gasteiger partial charge is 0.299 e. The van der Waals surface area contributed by atoms with E-state index in [9.17, 15) is 4.79 Å². The van der Waals surface area contributed by atoms with Crippen molar-refractivity contribution < 1.29 is 4.79 Å². The molecule has 1 aromatic carbocycles. The molecule has 4 atom stereocenters. The van der Waals surface area contributed by atoms with E-state index in [1.807, 2.05) is 29.1 Å². The summed E-state index contributed by atoms with van der Waals surface area (Å²) in [5.74, 6) is 1.83. The second-order valence-electron chi connectivity index (χ2n) is 9.43. The molecule has 2 aliphatic carbocycles. The Kier molecular flexibility index (Phi) is 4.98. The standard InChI is InChI=1S/C24H31N3O/c1-16-20-11-10-18(12-13-24(3,4)22(20)17(2)23(16)28)14-27-15-21(25-26-27)19-8-6-5-7-9-19/h5-9,12,15-17,20,22H,10-11,13-14H2,1-4H3/b18-12+/t16-,17-,20-,22-/m0/s1. The van der Waals surface area contributed by atoms with Gasteiger partial charge in [0, 0.05) is 17.4 Å². The molecule has 0 spiro atoms. The summed E-state index contributed by atoms with van der Waals surface area (Å²) >= 11 is 0. The zero-order valence-electron chi connectivity index (χ0n) is 17.4. The van der Waals surface area contributed by atoms with Crippen LogP contribution in [0.1, 0.15) is 47.0 Å². The van der Waals surface area contributed by atoms with Gasteiger partial charge in [0.2, 0.25) is 0 Å². The Morgan fingerprint density at radius 3 is 2.64 bits per heavy atom. The van der Waals surface area contributed by atoms with Crippen molar-refractivity contribution in [3.8, 4) is 11.3 Å². The summed E-state index contributed by atoms with van der Waals surface area (Å²) in [6.45, 7) is 9.76. The van der Waals surface area contributed by atoms with Gasteiger partial charge in [0.05, 0.1) is 12.7 Å². The number of Topliss-reactive ketones (excluding diaryl/α,β-unsaturated/α-hetero) is 1. The number of rotatable bonds is 3. The van der Waals surface area contributed by atoms with E-state index in [-0.39, 0.29) is 17.3 Å². The highest BCUT2D eigenvalue weighted by atomic mass is 16.1. The monoisotopic (exact) mass is 377 g/mol. The molecule has 4 rings (SSSR count). The number of aromatic nitrogens is 3. The number of fused-ring (bicyclic) bond motifs is 1. The normalized spacial score (nSPS) is 31.6. The molecule has 0 amide bonds. The second kappa shape index (κ2) is 7.31. The van der Waals surface area contributed by atoms with Crippen molar-refractivity contribution in [3.05, 3.63) is 48.2 Å². The molecule has 4 nitrogen and oxygen atoms in total. The van der Waals surface area contributed by atoms with Gasteiger partial charge in [0.25, 0.3) is 0 Å². The lowest BCUT2D eigenvalue weighted by Crippen LogP contribution is -2.33. The summed E-state index contributed by atoms with van der Waals surface area (Å²) in [5.41, 5.74) is 3.57. The van der Waals surface area contributed by atoms with E-state index in [4.69, 9.17) is 0 Å². The Bertz CT molecular complexity index is 880. The van der Waals surface area contributed by atoms with Crippen LogP contribution < -0.4 is 0 Å². The number of carbonyl (C=O) groups excluding carboxylic acids is 1. The molecule has 1 saturated carbocycles. The van der Waals surface area contributed by atoms with E-state index in [0.29, 0.717) is 17.6 Å². The zero-order valence-corrected chi connectivity index (χ0v) is 17.4. The van der Waals surface area contributed by atoms with Gasteiger partial charge in [-0.2, -0.15) is 0 Å². The highest BCUT2D eigenvalue weighted by molar-refractivity contribution is 5.86. The average Bonchev–Trinajstić information content (AvgIpc) is 3.23. The van der Waals surface area contributed by atoms with Gasteiger partial charge in [-0.05, 0) is 36.5 Å². The van der Waals surface area contributed by atoms with E-state index < -0.39 is 0 Å². The molecule has 0 radical (unpaired) electrons. The Morgan fingerprint density at radius 2 is 1.89 bits per heavy atom. The second-order valence-corrected chi connectivity index (χ2v) is 9.43. The molecule has 1 fully saturated rings. The predicted octanol–water partition coefficient (Wildman–Crippen LogP) is 5.17. The number of benzene rings is 1. The van der Waals surface area contributed by atoms with E-state index in [1.54, 1.807) is 0 Å². The molecule has 0 saturated heterocycles. The maximum absolute atomic E-state index is 12.7. The van der Waals surface area contributed by atoms with Crippen molar-refractivity contribution in [3.63, 3.8) is 0 Å². The molecular weight excluding hydrogens is 346 g/mol. The lowest BCUT2D eigenvalue weighted by atomic mass is 9.65. The third-order valence-electron chi connectivity index (χ3n) is 7.13. The van der Waals surface area contributed by atoms with Crippen molar-refractivity contribution in [1.82, 2.24) is 15.0 Å². The Morgan fingerprint density at radius 1 is 1.14 bits per heavy atom. The van der Waals surface area contributed by atoms with Crippen LogP contribution in [0.4, 0.5) is 0 Å². The SMILES string of the molecule is C[C@@H]1C(=O)[C@@H](C)[C@H]2[C@H]1CC/C(Cn1cc(-c3ccccc3)nn1)=C\CC2(C)C. The van der Waals surface area contributed by atoms with E-state index in [1.165, 1.54) is 5.57 Å². The van der Waals surface area contributed by atoms with Crippen LogP contribution in [0.15, 0.2) is 48.2 Å². The van der Waals surface area contributed by atoms with Gasteiger partial charge in [-0.3, -0.25) is 4.79 Å². The maximum atomic E-state index is 12.7. The molecule has 28 heavy (non-hydrogen) atoms. The van der Waals surface area contributed by atoms with Crippen LogP contribution in [0, 0.1) is 29.1 Å². The van der Waals surface area contributed by atoms with E-state index in [0.717, 1.165) is 37.1 Å². The first kappa shape index (κ1) is 19.1. The fourth-order valence-corrected chi connectivity index (χ4v) is 5.64. The van der Waals surface area contributed by atoms with Crippen LogP contribution in [-0.2, 0) is 11.3 Å². The number of ketones is 1. The maximum Gasteiger partial charge on any atom is 0.139 e. The summed E-state index contributed by atoms with van der Waals surface area (Å²) in [6.07, 6.45) is 7.60. The number of hydrogen-bond donors (Lipinski definition) is 0. The highest BCUT2D eigenvalue weighted by Crippen LogP contribution is 2.52. The summed E-state index contributed by atoms with van der Waals surface area (Å²) in [6, 6.07) is 10.2. The lowest BCUT2D eigenvalue weighted by molar-refractivity contribution is -0.124. The van der Waals surface area contributed by atoms with Crippen LogP contribution >= 0.6 is 0 Å². The molecule has 0 aliphatic heterocycles. The lowest BCUT2D eigenvalue weighted by Gasteiger charge is -2.39. The predicted molar refractivity (Wildman–Crippen MR) is 111 cm³/mol. The quantitative estimate of drug-likeness (QED) is 0.693. The summed E-state index contributed by atoms with van der Waals surface area (Å²) in [5, 5.41) is 8.70. The molecule has 148 valence electrons. The van der Waals surface area contributed by atoms with Gasteiger partial charge in [0.1, 0.15) is 11.5 Å². The fraction of sp³-hybridized carbons (Fsp3) is 0.542. The van der Waals surface area contributed by atoms with Gasteiger partial charge in [-0.25, -0.2) is 4.68 Å². The van der Waals surface area contributed by atoms with Crippen molar-refractivity contribution in [2.75, 3.05) is 0 Å². The molecular formula is C24H31N3O. The van der Waals surface area contributed by atoms with Gasteiger partial charge < -0.3 is 0 Å². The van der Waals surface area contributed by atoms with Gasteiger partial charge >= 0.3 is 0 Å². The van der Waals surface area contributed by atoms with Crippen LogP contribution in [0.5, 0.6) is 0 Å². The first-order valence-electron chi connectivity index (χ1n) is 10.5. The van der Waals surface area contributed by atoms with Gasteiger partial charge in [-0.1, -0.05) is 74.9 Å². The molecule has 0 unspecified atom stereocenters. The molecule has 1 heterocycles. The number of allylic oxidation sites excluding steroid dienone is 2. The first-order chi connectivity index (χ1) is 13.4. The van der Waals surface area contributed by atoms with E-state index in [2.05, 4.69) is 56.2 Å². The van der Waals surface area contributed by atoms with Crippen LogP contribution in [-0.4, -0.2) is 20.8 Å². The third kappa shape index (κ3) is 3.45.